The Hall–Kier alpha value is -1.97. The van der Waals surface area contributed by atoms with Gasteiger partial charge in [0.1, 0.15) is 5.82 Å². The second-order valence-electron chi connectivity index (χ2n) is 4.62. The van der Waals surface area contributed by atoms with E-state index in [2.05, 4.69) is 5.32 Å². The number of hydrogen-bond acceptors (Lipinski definition) is 1. The summed E-state index contributed by atoms with van der Waals surface area (Å²) < 4.78 is 40.2. The Balaban J connectivity index is 2.20. The molecule has 0 radical (unpaired) electrons. The van der Waals surface area contributed by atoms with Crippen molar-refractivity contribution in [2.24, 2.45) is 0 Å². The molecule has 0 bridgehead atoms. The summed E-state index contributed by atoms with van der Waals surface area (Å²) >= 11 is 0. The first kappa shape index (κ1) is 12.1. The lowest BCUT2D eigenvalue weighted by Crippen LogP contribution is -2.12. The number of fused-ring (bicyclic) bond motifs is 1. The summed E-state index contributed by atoms with van der Waals surface area (Å²) in [7, 11) is 0. The Kier molecular flexibility index (Phi) is 2.93. The molecule has 19 heavy (non-hydrogen) atoms. The highest BCUT2D eigenvalue weighted by Crippen LogP contribution is 2.35. The van der Waals surface area contributed by atoms with Crippen molar-refractivity contribution in [2.45, 2.75) is 12.8 Å². The van der Waals surface area contributed by atoms with E-state index in [1.807, 2.05) is 12.1 Å². The Morgan fingerprint density at radius 2 is 1.68 bits per heavy atom. The Morgan fingerprint density at radius 1 is 0.895 bits per heavy atom. The third-order valence-electron chi connectivity index (χ3n) is 3.38. The fourth-order valence-electron chi connectivity index (χ4n) is 2.46. The molecule has 0 saturated carbocycles. The van der Waals surface area contributed by atoms with E-state index in [1.165, 1.54) is 0 Å². The molecular formula is C15H12F3N. The van der Waals surface area contributed by atoms with Gasteiger partial charge in [0, 0.05) is 29.4 Å². The number of nitrogens with one attached hydrogen (secondary N) is 1. The van der Waals surface area contributed by atoms with Gasteiger partial charge in [0.2, 0.25) is 0 Å². The quantitative estimate of drug-likeness (QED) is 0.763. The van der Waals surface area contributed by atoms with Crippen LogP contribution < -0.4 is 5.32 Å². The maximum Gasteiger partial charge on any atom is 0.161 e. The molecule has 4 heteroatoms. The van der Waals surface area contributed by atoms with Gasteiger partial charge in [0.15, 0.2) is 11.6 Å². The molecule has 1 heterocycles. The highest BCUT2D eigenvalue weighted by molar-refractivity contribution is 5.81. The van der Waals surface area contributed by atoms with E-state index < -0.39 is 17.5 Å². The van der Waals surface area contributed by atoms with Crippen LogP contribution in [0.25, 0.3) is 11.1 Å². The van der Waals surface area contributed by atoms with Crippen LogP contribution in [-0.2, 0) is 6.42 Å². The van der Waals surface area contributed by atoms with Crippen molar-refractivity contribution < 1.29 is 13.2 Å². The van der Waals surface area contributed by atoms with Crippen molar-refractivity contribution in [1.29, 1.82) is 0 Å². The molecule has 0 amide bonds. The van der Waals surface area contributed by atoms with Crippen LogP contribution in [0.1, 0.15) is 12.0 Å². The number of para-hydroxylation sites is 1. The third-order valence-corrected chi connectivity index (χ3v) is 3.38. The highest BCUT2D eigenvalue weighted by atomic mass is 19.2. The van der Waals surface area contributed by atoms with Crippen LogP contribution in [0.5, 0.6) is 0 Å². The highest BCUT2D eigenvalue weighted by Gasteiger charge is 2.18. The van der Waals surface area contributed by atoms with Gasteiger partial charge in [-0.05, 0) is 24.5 Å². The molecule has 0 fully saturated rings. The van der Waals surface area contributed by atoms with Gasteiger partial charge in [-0.2, -0.15) is 0 Å². The first-order valence-electron chi connectivity index (χ1n) is 6.17. The smallest absolute Gasteiger partial charge is 0.161 e. The number of benzene rings is 2. The van der Waals surface area contributed by atoms with E-state index in [0.29, 0.717) is 11.6 Å². The number of aryl methyl sites for hydroxylation is 1. The lowest BCUT2D eigenvalue weighted by molar-refractivity contribution is 0.496. The maximum absolute atomic E-state index is 13.9. The molecule has 3 rings (SSSR count). The molecule has 0 unspecified atom stereocenters. The van der Waals surface area contributed by atoms with Crippen molar-refractivity contribution in [3.63, 3.8) is 0 Å². The van der Waals surface area contributed by atoms with E-state index in [-0.39, 0.29) is 5.56 Å². The zero-order valence-corrected chi connectivity index (χ0v) is 10.1. The van der Waals surface area contributed by atoms with Crippen LogP contribution in [0, 0.1) is 17.5 Å². The van der Waals surface area contributed by atoms with Crippen LogP contribution >= 0.6 is 0 Å². The summed E-state index contributed by atoms with van der Waals surface area (Å²) in [5.74, 6) is -2.96. The molecule has 98 valence electrons. The minimum absolute atomic E-state index is 0.0881. The second-order valence-corrected chi connectivity index (χ2v) is 4.62. The average Bonchev–Trinajstić information content (AvgIpc) is 2.42. The lowest BCUT2D eigenvalue weighted by atomic mass is 9.95. The van der Waals surface area contributed by atoms with Crippen molar-refractivity contribution in [3.05, 3.63) is 53.3 Å². The first-order valence-corrected chi connectivity index (χ1v) is 6.17. The maximum atomic E-state index is 13.9. The first-order chi connectivity index (χ1) is 9.16. The Morgan fingerprint density at radius 3 is 2.53 bits per heavy atom. The van der Waals surface area contributed by atoms with Gasteiger partial charge in [-0.15, -0.1) is 0 Å². The van der Waals surface area contributed by atoms with Gasteiger partial charge in [-0.1, -0.05) is 18.2 Å². The molecule has 0 saturated heterocycles. The van der Waals surface area contributed by atoms with Gasteiger partial charge >= 0.3 is 0 Å². The van der Waals surface area contributed by atoms with E-state index in [9.17, 15) is 13.2 Å². The summed E-state index contributed by atoms with van der Waals surface area (Å²) in [6.45, 7) is 0.801. The number of hydrogen-bond donors (Lipinski definition) is 1. The zero-order chi connectivity index (χ0) is 13.4. The van der Waals surface area contributed by atoms with E-state index in [1.54, 1.807) is 6.07 Å². The summed E-state index contributed by atoms with van der Waals surface area (Å²) in [4.78, 5) is 0. The van der Waals surface area contributed by atoms with Crippen LogP contribution in [-0.4, -0.2) is 6.54 Å². The lowest BCUT2D eigenvalue weighted by Gasteiger charge is -2.21. The van der Waals surface area contributed by atoms with Crippen LogP contribution in [0.3, 0.4) is 0 Å². The fraction of sp³-hybridized carbons (Fsp3) is 0.200. The van der Waals surface area contributed by atoms with Crippen molar-refractivity contribution in [3.8, 4) is 11.1 Å². The molecule has 1 aliphatic rings. The van der Waals surface area contributed by atoms with Crippen LogP contribution in [0.15, 0.2) is 30.3 Å². The summed E-state index contributed by atoms with van der Waals surface area (Å²) in [6.07, 6.45) is 1.91. The van der Waals surface area contributed by atoms with Crippen molar-refractivity contribution in [2.75, 3.05) is 11.9 Å². The molecule has 1 nitrogen and oxygen atoms in total. The van der Waals surface area contributed by atoms with Crippen LogP contribution in [0.2, 0.25) is 0 Å². The molecule has 2 aromatic carbocycles. The third kappa shape index (κ3) is 2.07. The van der Waals surface area contributed by atoms with Gasteiger partial charge in [0.25, 0.3) is 0 Å². The molecule has 0 atom stereocenters. The summed E-state index contributed by atoms with van der Waals surface area (Å²) in [5, 5.41) is 3.21. The zero-order valence-electron chi connectivity index (χ0n) is 10.1. The Labute approximate surface area is 109 Å². The standard InChI is InChI=1S/C15H12F3N/c16-12-8-14(18)13(17)7-11(12)10-5-1-3-9-4-2-6-19-15(9)10/h1,3,5,7-8,19H,2,4,6H2. The fourth-order valence-corrected chi connectivity index (χ4v) is 2.46. The molecular weight excluding hydrogens is 251 g/mol. The molecule has 1 N–H and O–H groups in total. The number of rotatable bonds is 1. The molecule has 1 aliphatic heterocycles. The minimum atomic E-state index is -1.17. The van der Waals surface area contributed by atoms with Gasteiger partial charge < -0.3 is 5.32 Å². The van der Waals surface area contributed by atoms with E-state index >= 15 is 0 Å². The van der Waals surface area contributed by atoms with Gasteiger partial charge in [-0.3, -0.25) is 0 Å². The average molecular weight is 263 g/mol. The van der Waals surface area contributed by atoms with E-state index in [0.717, 1.165) is 36.7 Å². The molecule has 2 aromatic rings. The normalized spacial score (nSPS) is 13.8. The summed E-state index contributed by atoms with van der Waals surface area (Å²) in [5.41, 5.74) is 2.56. The largest absolute Gasteiger partial charge is 0.384 e. The SMILES string of the molecule is Fc1cc(F)c(-c2cccc3c2NCCC3)cc1F. The molecule has 0 aliphatic carbocycles. The summed E-state index contributed by atoms with van der Waals surface area (Å²) in [6, 6.07) is 6.99. The monoisotopic (exact) mass is 263 g/mol. The van der Waals surface area contributed by atoms with Gasteiger partial charge in [0.05, 0.1) is 0 Å². The second kappa shape index (κ2) is 4.61. The predicted molar refractivity (Wildman–Crippen MR) is 68.6 cm³/mol. The molecule has 0 spiro atoms. The van der Waals surface area contributed by atoms with Crippen molar-refractivity contribution >= 4 is 5.69 Å². The van der Waals surface area contributed by atoms with Crippen molar-refractivity contribution in [1.82, 2.24) is 0 Å². The van der Waals surface area contributed by atoms with E-state index in [4.69, 9.17) is 0 Å². The van der Waals surface area contributed by atoms with Gasteiger partial charge in [-0.25, -0.2) is 13.2 Å². The molecule has 0 aromatic heterocycles. The topological polar surface area (TPSA) is 12.0 Å². The van der Waals surface area contributed by atoms with Crippen LogP contribution in [0.4, 0.5) is 18.9 Å². The number of anilines is 1. The predicted octanol–water partition coefficient (Wildman–Crippen LogP) is 4.13. The minimum Gasteiger partial charge on any atom is -0.384 e. The Bertz CT molecular complexity index is 638. The number of halogens is 3.